The zero-order valence-corrected chi connectivity index (χ0v) is 22.9. The molecular formula is C28H49FN4O3. The third-order valence-corrected chi connectivity index (χ3v) is 9.40. The average Bonchev–Trinajstić information content (AvgIpc) is 3.40. The lowest BCUT2D eigenvalue weighted by Gasteiger charge is -2.44. The molecule has 0 aromatic rings. The van der Waals surface area contributed by atoms with Gasteiger partial charge >= 0.3 is 0 Å². The maximum absolute atomic E-state index is 14.0. The van der Waals surface area contributed by atoms with Gasteiger partial charge in [-0.15, -0.1) is 0 Å². The first-order valence-corrected chi connectivity index (χ1v) is 14.3. The number of methoxy groups -OCH3 is 2. The van der Waals surface area contributed by atoms with Crippen molar-refractivity contribution in [1.82, 2.24) is 15.5 Å². The standard InChI is InChI=1S/C28H49FN4O3/c1-18-25(7-8-26(29)32-18)21-10-19(16-31-27-6-5-9-30-27)11-22(14-21)28(34)33(2)17-20-12-23(35-3)15-24(13-20)36-4/h18-26,32H,5-17H2,1-4H3,(H,30,31). The molecule has 8 unspecified atom stereocenters. The molecule has 206 valence electrons. The van der Waals surface area contributed by atoms with Crippen molar-refractivity contribution < 1.29 is 18.7 Å². The van der Waals surface area contributed by atoms with Crippen LogP contribution >= 0.6 is 0 Å². The van der Waals surface area contributed by atoms with Gasteiger partial charge in [0.15, 0.2) is 6.30 Å². The van der Waals surface area contributed by atoms with Crippen LogP contribution in [0.5, 0.6) is 0 Å². The molecule has 36 heavy (non-hydrogen) atoms. The van der Waals surface area contributed by atoms with Crippen molar-refractivity contribution in [2.24, 2.45) is 34.6 Å². The van der Waals surface area contributed by atoms with Crippen LogP contribution < -0.4 is 10.6 Å². The smallest absolute Gasteiger partial charge is 0.225 e. The number of nitrogens with zero attached hydrogens (tertiary/aromatic N) is 2. The number of carbonyl (C=O) groups is 1. The molecule has 8 heteroatoms. The van der Waals surface area contributed by atoms with E-state index in [2.05, 4.69) is 22.5 Å². The molecule has 4 aliphatic rings. The largest absolute Gasteiger partial charge is 0.381 e. The molecular weight excluding hydrogens is 459 g/mol. The Morgan fingerprint density at radius 3 is 2.47 bits per heavy atom. The highest BCUT2D eigenvalue weighted by molar-refractivity contribution is 5.83. The van der Waals surface area contributed by atoms with Gasteiger partial charge in [0.05, 0.1) is 18.0 Å². The molecule has 7 nitrogen and oxygen atoms in total. The Balaban J connectivity index is 1.40. The summed E-state index contributed by atoms with van der Waals surface area (Å²) in [6.45, 7) is 4.68. The fraction of sp³-hybridized carbons (Fsp3) is 0.929. The summed E-state index contributed by atoms with van der Waals surface area (Å²) < 4.78 is 25.3. The molecule has 3 fully saturated rings. The van der Waals surface area contributed by atoms with E-state index >= 15 is 0 Å². The van der Waals surface area contributed by atoms with Crippen molar-refractivity contribution in [2.75, 3.05) is 40.9 Å². The summed E-state index contributed by atoms with van der Waals surface area (Å²) in [6, 6.07) is 0.150. The molecule has 2 aliphatic carbocycles. The number of amidine groups is 1. The summed E-state index contributed by atoms with van der Waals surface area (Å²) in [6.07, 6.45) is 8.98. The Hall–Kier alpha value is -1.25. The van der Waals surface area contributed by atoms with Gasteiger partial charge in [-0.1, -0.05) is 0 Å². The molecule has 0 aromatic carbocycles. The maximum Gasteiger partial charge on any atom is 0.225 e. The minimum atomic E-state index is -0.899. The molecule has 0 bridgehead atoms. The Morgan fingerprint density at radius 2 is 1.83 bits per heavy atom. The molecule has 4 rings (SSSR count). The quantitative estimate of drug-likeness (QED) is 0.488. The molecule has 0 aromatic heterocycles. The molecule has 1 amide bonds. The van der Waals surface area contributed by atoms with Crippen molar-refractivity contribution in [2.45, 2.75) is 95.7 Å². The first-order valence-electron chi connectivity index (χ1n) is 14.3. The molecule has 2 aliphatic heterocycles. The molecule has 1 saturated heterocycles. The summed E-state index contributed by atoms with van der Waals surface area (Å²) in [5.74, 6) is 3.13. The fourth-order valence-corrected chi connectivity index (χ4v) is 7.52. The van der Waals surface area contributed by atoms with Gasteiger partial charge in [-0.2, -0.15) is 0 Å². The van der Waals surface area contributed by atoms with E-state index in [0.717, 1.165) is 83.3 Å². The number of alkyl halides is 1. The van der Waals surface area contributed by atoms with Gasteiger partial charge < -0.3 is 19.7 Å². The number of hydrogen-bond acceptors (Lipinski definition) is 6. The first kappa shape index (κ1) is 27.8. The van der Waals surface area contributed by atoms with Gasteiger partial charge in [-0.3, -0.25) is 15.1 Å². The third-order valence-electron chi connectivity index (χ3n) is 9.40. The van der Waals surface area contributed by atoms with Gasteiger partial charge in [0.1, 0.15) is 0 Å². The number of carbonyl (C=O) groups excluding carboxylic acids is 1. The molecule has 0 spiro atoms. The lowest BCUT2D eigenvalue weighted by Crippen LogP contribution is -2.49. The number of piperidine rings is 1. The fourth-order valence-electron chi connectivity index (χ4n) is 7.52. The van der Waals surface area contributed by atoms with E-state index in [0.29, 0.717) is 30.1 Å². The monoisotopic (exact) mass is 508 g/mol. The Bertz CT molecular complexity index is 740. The van der Waals surface area contributed by atoms with E-state index in [1.807, 2.05) is 11.9 Å². The number of rotatable bonds is 8. The van der Waals surface area contributed by atoms with Crippen molar-refractivity contribution in [3.05, 3.63) is 0 Å². The van der Waals surface area contributed by atoms with E-state index in [1.54, 1.807) is 14.2 Å². The topological polar surface area (TPSA) is 75.2 Å². The summed E-state index contributed by atoms with van der Waals surface area (Å²) >= 11 is 0. The zero-order chi connectivity index (χ0) is 25.7. The van der Waals surface area contributed by atoms with E-state index in [9.17, 15) is 9.18 Å². The van der Waals surface area contributed by atoms with E-state index in [1.165, 1.54) is 0 Å². The second kappa shape index (κ2) is 13.0. The highest BCUT2D eigenvalue weighted by Gasteiger charge is 2.41. The Labute approximate surface area is 217 Å². The number of ether oxygens (including phenoxy) is 2. The van der Waals surface area contributed by atoms with Crippen molar-refractivity contribution in [3.8, 4) is 0 Å². The van der Waals surface area contributed by atoms with Crippen LogP contribution in [0.4, 0.5) is 4.39 Å². The van der Waals surface area contributed by atoms with E-state index in [-0.39, 0.29) is 30.1 Å². The second-order valence-electron chi connectivity index (χ2n) is 12.0. The van der Waals surface area contributed by atoms with Crippen LogP contribution in [0.15, 0.2) is 4.99 Å². The van der Waals surface area contributed by atoms with Crippen LogP contribution in [0.25, 0.3) is 0 Å². The molecule has 8 atom stereocenters. The summed E-state index contributed by atoms with van der Waals surface area (Å²) in [4.78, 5) is 20.3. The summed E-state index contributed by atoms with van der Waals surface area (Å²) in [7, 11) is 5.52. The van der Waals surface area contributed by atoms with Gasteiger partial charge in [0.25, 0.3) is 0 Å². The minimum Gasteiger partial charge on any atom is -0.381 e. The van der Waals surface area contributed by atoms with Crippen molar-refractivity contribution in [1.29, 1.82) is 0 Å². The number of halogens is 1. The Kier molecular flexibility index (Phi) is 10.0. The summed E-state index contributed by atoms with van der Waals surface area (Å²) in [5.41, 5.74) is 0. The highest BCUT2D eigenvalue weighted by atomic mass is 19.1. The average molecular weight is 509 g/mol. The van der Waals surface area contributed by atoms with E-state index < -0.39 is 6.30 Å². The van der Waals surface area contributed by atoms with Gasteiger partial charge in [-0.05, 0) is 88.4 Å². The number of amides is 1. The van der Waals surface area contributed by atoms with Gasteiger partial charge in [-0.25, -0.2) is 4.39 Å². The SMILES string of the molecule is COC1CC(CN(C)C(=O)C2CC(CNC3=NCCC3)CC(C3CCC(F)NC3C)C2)CC(OC)C1. The van der Waals surface area contributed by atoms with Crippen LogP contribution in [0.3, 0.4) is 0 Å². The highest BCUT2D eigenvalue weighted by Crippen LogP contribution is 2.42. The predicted octanol–water partition coefficient (Wildman–Crippen LogP) is 3.77. The molecule has 0 radical (unpaired) electrons. The van der Waals surface area contributed by atoms with E-state index in [4.69, 9.17) is 9.47 Å². The zero-order valence-electron chi connectivity index (χ0n) is 22.9. The van der Waals surface area contributed by atoms with Gasteiger partial charge in [0, 0.05) is 59.3 Å². The van der Waals surface area contributed by atoms with Crippen LogP contribution in [0.2, 0.25) is 0 Å². The third kappa shape index (κ3) is 7.19. The van der Waals surface area contributed by atoms with Crippen LogP contribution in [-0.4, -0.2) is 82.1 Å². The number of hydrogen-bond donors (Lipinski definition) is 2. The summed E-state index contributed by atoms with van der Waals surface area (Å²) in [5, 5.41) is 6.73. The molecule has 2 N–H and O–H groups in total. The predicted molar refractivity (Wildman–Crippen MR) is 141 cm³/mol. The first-order chi connectivity index (χ1) is 17.4. The molecule has 2 saturated carbocycles. The lowest BCUT2D eigenvalue weighted by atomic mass is 9.66. The van der Waals surface area contributed by atoms with Crippen LogP contribution in [-0.2, 0) is 14.3 Å². The van der Waals surface area contributed by atoms with Gasteiger partial charge in [0.2, 0.25) is 5.91 Å². The lowest BCUT2D eigenvalue weighted by molar-refractivity contribution is -0.138. The normalized spacial score (nSPS) is 39.5. The number of aliphatic imine (C=N–C) groups is 1. The maximum atomic E-state index is 14.0. The van der Waals surface area contributed by atoms with Crippen LogP contribution in [0, 0.1) is 29.6 Å². The second-order valence-corrected chi connectivity index (χ2v) is 12.0. The van der Waals surface area contributed by atoms with Crippen LogP contribution in [0.1, 0.15) is 71.1 Å². The Morgan fingerprint density at radius 1 is 1.08 bits per heavy atom. The number of nitrogens with one attached hydrogen (secondary N) is 2. The molecule has 2 heterocycles. The van der Waals surface area contributed by atoms with Crippen molar-refractivity contribution in [3.63, 3.8) is 0 Å². The van der Waals surface area contributed by atoms with Crippen molar-refractivity contribution >= 4 is 11.7 Å². The minimum absolute atomic E-state index is 0.0291.